The highest BCUT2D eigenvalue weighted by Gasteiger charge is 2.19. The van der Waals surface area contributed by atoms with Gasteiger partial charge in [0, 0.05) is 12.2 Å². The summed E-state index contributed by atoms with van der Waals surface area (Å²) in [7, 11) is 0. The largest absolute Gasteiger partial charge is 0.454 e. The minimum Gasteiger partial charge on any atom is -0.454 e. The van der Waals surface area contributed by atoms with Gasteiger partial charge in [-0.2, -0.15) is 0 Å². The zero-order chi connectivity index (χ0) is 22.8. The normalized spacial score (nSPS) is 12.0. The standard InChI is InChI=1S/C26H22N2O4S/c1-17-24(25(29)27-14-19-9-12-22-23(13-19)32-16-31-22)33-26(30)28(17)15-18-7-10-21(11-8-18)20-5-3-2-4-6-20/h2-13H,14-16H2,1H3,(H,27,29). The van der Waals surface area contributed by atoms with Crippen molar-refractivity contribution in [2.24, 2.45) is 0 Å². The molecule has 1 aliphatic heterocycles. The topological polar surface area (TPSA) is 69.6 Å². The van der Waals surface area contributed by atoms with Crippen LogP contribution in [0.1, 0.15) is 26.5 Å². The molecule has 0 atom stereocenters. The molecule has 0 bridgehead atoms. The first kappa shape index (κ1) is 21.0. The van der Waals surface area contributed by atoms with Gasteiger partial charge < -0.3 is 14.8 Å². The predicted octanol–water partition coefficient (Wildman–Crippen LogP) is 4.59. The molecule has 2 heterocycles. The third-order valence-corrected chi connectivity index (χ3v) is 6.72. The number of ether oxygens (including phenoxy) is 2. The van der Waals surface area contributed by atoms with Crippen molar-refractivity contribution in [2.45, 2.75) is 20.0 Å². The van der Waals surface area contributed by atoms with Crippen molar-refractivity contribution in [2.75, 3.05) is 6.79 Å². The van der Waals surface area contributed by atoms with Crippen LogP contribution in [0.2, 0.25) is 0 Å². The smallest absolute Gasteiger partial charge is 0.308 e. The molecule has 6 nitrogen and oxygen atoms in total. The van der Waals surface area contributed by atoms with Crippen molar-refractivity contribution < 1.29 is 14.3 Å². The number of fused-ring (bicyclic) bond motifs is 1. The number of thiazole rings is 1. The molecule has 1 aromatic heterocycles. The van der Waals surface area contributed by atoms with Crippen molar-refractivity contribution in [3.8, 4) is 22.6 Å². The molecule has 33 heavy (non-hydrogen) atoms. The highest BCUT2D eigenvalue weighted by Crippen LogP contribution is 2.32. The Bertz CT molecular complexity index is 1360. The summed E-state index contributed by atoms with van der Waals surface area (Å²) in [5.41, 5.74) is 4.84. The molecule has 0 aliphatic carbocycles. The van der Waals surface area contributed by atoms with Crippen LogP contribution in [0.5, 0.6) is 11.5 Å². The summed E-state index contributed by atoms with van der Waals surface area (Å²) in [6.45, 7) is 2.78. The van der Waals surface area contributed by atoms with Crippen LogP contribution in [-0.2, 0) is 13.1 Å². The van der Waals surface area contributed by atoms with Gasteiger partial charge in [0.1, 0.15) is 4.88 Å². The highest BCUT2D eigenvalue weighted by atomic mass is 32.1. The third kappa shape index (κ3) is 4.40. The number of nitrogens with one attached hydrogen (secondary N) is 1. The SMILES string of the molecule is Cc1c(C(=O)NCc2ccc3c(c2)OCO3)sc(=O)n1Cc1ccc(-c2ccccc2)cc1. The fourth-order valence-electron chi connectivity index (χ4n) is 3.80. The van der Waals surface area contributed by atoms with E-state index in [4.69, 9.17) is 9.47 Å². The number of aromatic nitrogens is 1. The van der Waals surface area contributed by atoms with Crippen LogP contribution in [0.15, 0.2) is 77.6 Å². The van der Waals surface area contributed by atoms with Crippen LogP contribution in [-0.4, -0.2) is 17.3 Å². The van der Waals surface area contributed by atoms with Crippen molar-refractivity contribution in [1.29, 1.82) is 0 Å². The molecule has 4 aromatic rings. The number of benzene rings is 3. The Labute approximate surface area is 195 Å². The lowest BCUT2D eigenvalue weighted by atomic mass is 10.0. The molecule has 3 aromatic carbocycles. The summed E-state index contributed by atoms with van der Waals surface area (Å²) in [5.74, 6) is 1.12. The van der Waals surface area contributed by atoms with Crippen LogP contribution in [0, 0.1) is 6.92 Å². The van der Waals surface area contributed by atoms with Gasteiger partial charge in [-0.25, -0.2) is 0 Å². The monoisotopic (exact) mass is 458 g/mol. The molecule has 1 aliphatic rings. The van der Waals surface area contributed by atoms with Gasteiger partial charge in [-0.1, -0.05) is 72.0 Å². The Hall–Kier alpha value is -3.84. The number of nitrogens with zero attached hydrogens (tertiary/aromatic N) is 1. The first-order valence-corrected chi connectivity index (χ1v) is 11.4. The van der Waals surface area contributed by atoms with E-state index in [9.17, 15) is 9.59 Å². The molecule has 7 heteroatoms. The van der Waals surface area contributed by atoms with E-state index >= 15 is 0 Å². The lowest BCUT2D eigenvalue weighted by molar-refractivity contribution is 0.0953. The molecule has 0 saturated heterocycles. The molecule has 1 amide bonds. The lowest BCUT2D eigenvalue weighted by Crippen LogP contribution is -2.23. The van der Waals surface area contributed by atoms with Crippen molar-refractivity contribution in [1.82, 2.24) is 9.88 Å². The van der Waals surface area contributed by atoms with Gasteiger partial charge in [0.2, 0.25) is 6.79 Å². The van der Waals surface area contributed by atoms with Crippen molar-refractivity contribution >= 4 is 17.2 Å². The third-order valence-electron chi connectivity index (χ3n) is 5.64. The fraction of sp³-hybridized carbons (Fsp3) is 0.154. The van der Waals surface area contributed by atoms with Gasteiger partial charge in [-0.15, -0.1) is 0 Å². The van der Waals surface area contributed by atoms with Crippen LogP contribution < -0.4 is 19.7 Å². The van der Waals surface area contributed by atoms with E-state index in [0.29, 0.717) is 35.2 Å². The zero-order valence-corrected chi connectivity index (χ0v) is 18.9. The second kappa shape index (κ2) is 8.96. The van der Waals surface area contributed by atoms with Crippen LogP contribution in [0.3, 0.4) is 0 Å². The fourth-order valence-corrected chi connectivity index (χ4v) is 4.71. The molecule has 5 rings (SSSR count). The maximum Gasteiger partial charge on any atom is 0.308 e. The molecule has 0 saturated carbocycles. The second-order valence-electron chi connectivity index (χ2n) is 7.80. The number of hydrogen-bond donors (Lipinski definition) is 1. The number of rotatable bonds is 6. The van der Waals surface area contributed by atoms with Gasteiger partial charge in [0.25, 0.3) is 5.91 Å². The highest BCUT2D eigenvalue weighted by molar-refractivity contribution is 7.11. The van der Waals surface area contributed by atoms with Gasteiger partial charge in [0.15, 0.2) is 11.5 Å². The lowest BCUT2D eigenvalue weighted by Gasteiger charge is -2.08. The predicted molar refractivity (Wildman–Crippen MR) is 128 cm³/mol. The quantitative estimate of drug-likeness (QED) is 0.459. The molecule has 166 valence electrons. The summed E-state index contributed by atoms with van der Waals surface area (Å²) < 4.78 is 12.3. The molecule has 0 fully saturated rings. The molecular formula is C26H22N2O4S. The van der Waals surface area contributed by atoms with E-state index in [-0.39, 0.29) is 17.6 Å². The van der Waals surface area contributed by atoms with E-state index in [0.717, 1.165) is 33.6 Å². The van der Waals surface area contributed by atoms with E-state index in [1.807, 2.05) is 55.5 Å². The van der Waals surface area contributed by atoms with E-state index in [2.05, 4.69) is 29.6 Å². The second-order valence-corrected chi connectivity index (χ2v) is 8.76. The zero-order valence-electron chi connectivity index (χ0n) is 18.0. The van der Waals surface area contributed by atoms with E-state index < -0.39 is 0 Å². The average Bonchev–Trinajstić information content (AvgIpc) is 3.43. The Morgan fingerprint density at radius 1 is 0.939 bits per heavy atom. The number of carbonyl (C=O) groups is 1. The van der Waals surface area contributed by atoms with E-state index in [1.54, 1.807) is 4.57 Å². The summed E-state index contributed by atoms with van der Waals surface area (Å²) in [6, 6.07) is 23.8. The summed E-state index contributed by atoms with van der Waals surface area (Å²) in [6.07, 6.45) is 0. The van der Waals surface area contributed by atoms with Gasteiger partial charge in [-0.05, 0) is 41.3 Å². The Morgan fingerprint density at radius 3 is 2.42 bits per heavy atom. The molecule has 0 spiro atoms. The Kier molecular flexibility index (Phi) is 5.71. The maximum absolute atomic E-state index is 12.8. The molecule has 1 N–H and O–H groups in total. The van der Waals surface area contributed by atoms with Crippen molar-refractivity contribution in [3.05, 3.63) is 104 Å². The van der Waals surface area contributed by atoms with Crippen LogP contribution in [0.25, 0.3) is 11.1 Å². The van der Waals surface area contributed by atoms with E-state index in [1.165, 1.54) is 0 Å². The number of amides is 1. The molecule has 0 radical (unpaired) electrons. The van der Waals surface area contributed by atoms with Gasteiger partial charge in [0.05, 0.1) is 6.54 Å². The first-order chi connectivity index (χ1) is 16.1. The van der Waals surface area contributed by atoms with Gasteiger partial charge >= 0.3 is 4.87 Å². The number of hydrogen-bond acceptors (Lipinski definition) is 5. The maximum atomic E-state index is 12.8. The average molecular weight is 459 g/mol. The minimum absolute atomic E-state index is 0.145. The summed E-state index contributed by atoms with van der Waals surface area (Å²) in [5, 5.41) is 2.90. The Balaban J connectivity index is 1.28. The summed E-state index contributed by atoms with van der Waals surface area (Å²) in [4.78, 5) is 25.7. The van der Waals surface area contributed by atoms with Crippen LogP contribution in [0.4, 0.5) is 0 Å². The molecular weight excluding hydrogens is 436 g/mol. The van der Waals surface area contributed by atoms with Gasteiger partial charge in [-0.3, -0.25) is 14.2 Å². The first-order valence-electron chi connectivity index (χ1n) is 10.6. The summed E-state index contributed by atoms with van der Waals surface area (Å²) >= 11 is 0.974. The van der Waals surface area contributed by atoms with Crippen LogP contribution >= 0.6 is 11.3 Å². The molecule has 0 unspecified atom stereocenters. The number of carbonyl (C=O) groups excluding carboxylic acids is 1. The van der Waals surface area contributed by atoms with Crippen molar-refractivity contribution in [3.63, 3.8) is 0 Å². The Morgan fingerprint density at radius 2 is 1.64 bits per heavy atom. The minimum atomic E-state index is -0.259.